The number of allylic oxidation sites excluding steroid dienone is 3. The highest BCUT2D eigenvalue weighted by molar-refractivity contribution is 7.10. The molecule has 0 aliphatic rings. The van der Waals surface area contributed by atoms with Gasteiger partial charge >= 0.3 is 0 Å². The van der Waals surface area contributed by atoms with E-state index in [2.05, 4.69) is 62.3 Å². The summed E-state index contributed by atoms with van der Waals surface area (Å²) in [6.45, 7) is 21.9. The zero-order valence-electron chi connectivity index (χ0n) is 20.9. The van der Waals surface area contributed by atoms with Crippen molar-refractivity contribution in [3.63, 3.8) is 0 Å². The molecule has 2 atom stereocenters. The Hall–Kier alpha value is -2.96. The van der Waals surface area contributed by atoms with E-state index >= 15 is 0 Å². The van der Waals surface area contributed by atoms with Crippen LogP contribution in [-0.2, 0) is 5.54 Å². The van der Waals surface area contributed by atoms with Crippen molar-refractivity contribution in [2.75, 3.05) is 14.1 Å². The Morgan fingerprint density at radius 3 is 2.34 bits per heavy atom. The number of hydrogen-bond donors (Lipinski definition) is 1. The molecular weight excluding hydrogens is 408 g/mol. The van der Waals surface area contributed by atoms with Gasteiger partial charge in [-0.15, -0.1) is 24.3 Å². The Balaban J connectivity index is 0.00000121. The summed E-state index contributed by atoms with van der Waals surface area (Å²) in [4.78, 5) is 3.22. The average Bonchev–Trinajstić information content (AvgIpc) is 3.31. The van der Waals surface area contributed by atoms with Crippen LogP contribution in [0.2, 0.25) is 0 Å². The van der Waals surface area contributed by atoms with Crippen molar-refractivity contribution in [3.8, 4) is 23.5 Å². The molecule has 1 aromatic carbocycles. The molecule has 1 N–H and O–H groups in total. The number of nitrogens with one attached hydrogen (secondary N) is 1. The molecule has 2 rings (SSSR count). The van der Waals surface area contributed by atoms with Crippen LogP contribution in [0.5, 0.6) is 0 Å². The fourth-order valence-electron chi connectivity index (χ4n) is 2.73. The van der Waals surface area contributed by atoms with Crippen molar-refractivity contribution >= 4 is 11.3 Å². The van der Waals surface area contributed by atoms with Crippen LogP contribution in [0.4, 0.5) is 0 Å². The average molecular weight is 449 g/mol. The zero-order valence-corrected chi connectivity index (χ0v) is 21.7. The third kappa shape index (κ3) is 8.29. The van der Waals surface area contributed by atoms with Gasteiger partial charge in [0.15, 0.2) is 0 Å². The topological polar surface area (TPSA) is 15.3 Å². The third-order valence-corrected chi connectivity index (χ3v) is 6.18. The van der Waals surface area contributed by atoms with Crippen LogP contribution in [0, 0.1) is 18.3 Å². The van der Waals surface area contributed by atoms with Crippen LogP contribution in [-0.4, -0.2) is 19.0 Å². The molecule has 32 heavy (non-hydrogen) atoms. The monoisotopic (exact) mass is 448 g/mol. The van der Waals surface area contributed by atoms with Gasteiger partial charge in [-0.2, -0.15) is 0 Å². The van der Waals surface area contributed by atoms with Gasteiger partial charge in [0, 0.05) is 30.5 Å². The van der Waals surface area contributed by atoms with E-state index in [1.54, 1.807) is 17.4 Å². The molecule has 1 heterocycles. The largest absolute Gasteiger partial charge is 0.365 e. The third-order valence-electron chi connectivity index (χ3n) is 5.01. The minimum absolute atomic E-state index is 0.229. The predicted molar refractivity (Wildman–Crippen MR) is 147 cm³/mol. The van der Waals surface area contributed by atoms with E-state index in [1.165, 1.54) is 10.4 Å². The summed E-state index contributed by atoms with van der Waals surface area (Å²) in [5, 5.41) is 5.77. The molecule has 2 aromatic rings. The van der Waals surface area contributed by atoms with Gasteiger partial charge in [0.1, 0.15) is 0 Å². The number of thiophene rings is 1. The fraction of sp³-hybridized carbons (Fsp3) is 0.310. The first-order valence-corrected chi connectivity index (χ1v) is 11.8. The number of nitrogens with zero attached hydrogens (tertiary/aromatic N) is 1. The van der Waals surface area contributed by atoms with Crippen molar-refractivity contribution in [1.29, 1.82) is 0 Å². The maximum absolute atomic E-state index is 5.53. The van der Waals surface area contributed by atoms with Crippen molar-refractivity contribution in [2.24, 2.45) is 5.92 Å². The van der Waals surface area contributed by atoms with Crippen LogP contribution < -0.4 is 5.32 Å². The maximum Gasteiger partial charge on any atom is 0.0940 e. The highest BCUT2D eigenvalue weighted by Crippen LogP contribution is 2.38. The van der Waals surface area contributed by atoms with E-state index < -0.39 is 0 Å². The summed E-state index contributed by atoms with van der Waals surface area (Å²) in [5.41, 5.74) is 2.93. The number of rotatable bonds is 8. The second-order valence-corrected chi connectivity index (χ2v) is 8.29. The van der Waals surface area contributed by atoms with Gasteiger partial charge in [-0.1, -0.05) is 76.3 Å². The second-order valence-electron chi connectivity index (χ2n) is 7.38. The number of benzene rings is 1. The zero-order chi connectivity index (χ0) is 24.7. The smallest absolute Gasteiger partial charge is 0.0940 e. The fourth-order valence-corrected chi connectivity index (χ4v) is 3.87. The lowest BCUT2D eigenvalue weighted by atomic mass is 9.85. The Morgan fingerprint density at radius 2 is 1.88 bits per heavy atom. The molecule has 3 heteroatoms. The summed E-state index contributed by atoms with van der Waals surface area (Å²) >= 11 is 1.74. The summed E-state index contributed by atoms with van der Waals surface area (Å²) in [7, 11) is 3.97. The van der Waals surface area contributed by atoms with Gasteiger partial charge < -0.3 is 10.2 Å². The molecule has 0 aliphatic heterocycles. The second kappa shape index (κ2) is 14.9. The van der Waals surface area contributed by atoms with Gasteiger partial charge in [-0.05, 0) is 48.6 Å². The molecule has 0 saturated carbocycles. The van der Waals surface area contributed by atoms with E-state index in [4.69, 9.17) is 6.42 Å². The Kier molecular flexibility index (Phi) is 13.6. The molecule has 172 valence electrons. The number of hydrogen-bond acceptors (Lipinski definition) is 3. The van der Waals surface area contributed by atoms with Crippen LogP contribution in [0.1, 0.15) is 45.1 Å². The lowest BCUT2D eigenvalue weighted by molar-refractivity contribution is 0.287. The van der Waals surface area contributed by atoms with Gasteiger partial charge in [0.2, 0.25) is 0 Å². The highest BCUT2D eigenvalue weighted by atomic mass is 32.1. The van der Waals surface area contributed by atoms with Gasteiger partial charge in [-0.3, -0.25) is 0 Å². The van der Waals surface area contributed by atoms with E-state index in [-0.39, 0.29) is 11.5 Å². The molecule has 0 bridgehead atoms. The Morgan fingerprint density at radius 1 is 1.22 bits per heavy atom. The van der Waals surface area contributed by atoms with Crippen molar-refractivity contribution in [1.82, 2.24) is 10.2 Å². The quantitative estimate of drug-likeness (QED) is 0.251. The molecule has 0 amide bonds. The van der Waals surface area contributed by atoms with Gasteiger partial charge in [0.05, 0.1) is 11.4 Å². The Labute approximate surface area is 201 Å². The lowest BCUT2D eigenvalue weighted by Crippen LogP contribution is -2.45. The first-order chi connectivity index (χ1) is 15.2. The summed E-state index contributed by atoms with van der Waals surface area (Å²) in [6.07, 6.45) is 13.1. The van der Waals surface area contributed by atoms with E-state index in [9.17, 15) is 0 Å². The van der Waals surface area contributed by atoms with Crippen molar-refractivity contribution in [2.45, 2.75) is 40.2 Å². The van der Waals surface area contributed by atoms with Crippen LogP contribution >= 0.6 is 11.3 Å². The minimum atomic E-state index is -0.282. The molecule has 0 aliphatic carbocycles. The first-order valence-electron chi connectivity index (χ1n) is 10.9. The Bertz CT molecular complexity index is 927. The molecule has 0 saturated heterocycles. The molecule has 1 aromatic heterocycles. The minimum Gasteiger partial charge on any atom is -0.365 e. The van der Waals surface area contributed by atoms with E-state index in [0.717, 1.165) is 16.9 Å². The summed E-state index contributed by atoms with van der Waals surface area (Å²) in [5.74, 6) is 3.81. The number of terminal acetylenes is 1. The lowest BCUT2D eigenvalue weighted by Gasteiger charge is -2.37. The first kappa shape index (κ1) is 29.0. The molecular formula is C29H40N2S. The van der Waals surface area contributed by atoms with Crippen LogP contribution in [0.15, 0.2) is 85.6 Å². The predicted octanol–water partition coefficient (Wildman–Crippen LogP) is 7.83. The summed E-state index contributed by atoms with van der Waals surface area (Å²) < 4.78 is 0. The molecule has 0 radical (unpaired) electrons. The van der Waals surface area contributed by atoms with Crippen LogP contribution in [0.25, 0.3) is 11.1 Å². The normalized spacial score (nSPS) is 12.6. The van der Waals surface area contributed by atoms with Gasteiger partial charge in [-0.25, -0.2) is 0 Å². The molecule has 0 spiro atoms. The van der Waals surface area contributed by atoms with E-state index in [1.807, 2.05) is 76.2 Å². The molecule has 1 unspecified atom stereocenters. The standard InChI is InChI=1S/C22H26N2S.C5H8.C2H6/c1-8-16(3)22(5,23-17(4)24(6)7)21-14-20(15-25-21)19-12-10-11-18(9-2)13-19;1-3-5-4-2;1-2/h2,8,10-16,23H,1,4H2,3,5-7H3;3-5H,1H2,2H3;1-2H3/b;5-4-;/t16?,22-;;/m0../s1. The molecule has 0 fully saturated rings. The molecule has 2 nitrogen and oxygen atoms in total. The summed E-state index contributed by atoms with van der Waals surface area (Å²) in [6, 6.07) is 10.3. The van der Waals surface area contributed by atoms with E-state index in [0.29, 0.717) is 0 Å². The maximum atomic E-state index is 5.53. The van der Waals surface area contributed by atoms with Crippen LogP contribution in [0.3, 0.4) is 0 Å². The van der Waals surface area contributed by atoms with Crippen molar-refractivity contribution in [3.05, 3.63) is 96.0 Å². The van der Waals surface area contributed by atoms with Gasteiger partial charge in [0.25, 0.3) is 0 Å². The SMILES string of the molecule is C#Cc1cccc(-c2csc([C@@](C)(NC(=C)N(C)C)C(C)C=C)c2)c1.C=C/C=C\C.CC. The van der Waals surface area contributed by atoms with Crippen molar-refractivity contribution < 1.29 is 0 Å². The highest BCUT2D eigenvalue weighted by Gasteiger charge is 2.33.